The van der Waals surface area contributed by atoms with Crippen LogP contribution in [0.3, 0.4) is 0 Å². The molecule has 0 unspecified atom stereocenters. The summed E-state index contributed by atoms with van der Waals surface area (Å²) in [5.74, 6) is -8.02. The number of aromatic nitrogens is 2. The smallest absolute Gasteiger partial charge is 0.351 e. The fraction of sp³-hybridized carbons (Fsp3) is 0.312. The Balaban J connectivity index is 0.000000470. The highest BCUT2D eigenvalue weighted by atomic mass is 16.4. The number of nitrogens with zero attached hydrogens (tertiary/aromatic N) is 1. The van der Waals surface area contributed by atoms with Crippen LogP contribution in [0.2, 0.25) is 0 Å². The van der Waals surface area contributed by atoms with E-state index in [2.05, 4.69) is 52.4 Å². The van der Waals surface area contributed by atoms with Gasteiger partial charge in [-0.3, -0.25) is 0 Å². The second-order valence-electron chi connectivity index (χ2n) is 5.04. The van der Waals surface area contributed by atoms with E-state index in [1.54, 1.807) is 0 Å². The second-order valence-corrected chi connectivity index (χ2v) is 5.04. The van der Waals surface area contributed by atoms with Crippen molar-refractivity contribution in [2.75, 3.05) is 13.1 Å². The Kier molecular flexibility index (Phi) is 11.2. The van der Waals surface area contributed by atoms with Crippen LogP contribution in [0.1, 0.15) is 13.3 Å². The number of imidazole rings is 1. The van der Waals surface area contributed by atoms with Crippen molar-refractivity contribution in [2.45, 2.75) is 19.9 Å². The van der Waals surface area contributed by atoms with Gasteiger partial charge < -0.3 is 35.3 Å². The molecule has 1 aromatic carbocycles. The van der Waals surface area contributed by atoms with E-state index in [1.807, 2.05) is 0 Å². The van der Waals surface area contributed by atoms with Gasteiger partial charge in [-0.05, 0) is 18.6 Å². The Morgan fingerprint density at radius 1 is 1.04 bits per heavy atom. The molecule has 2 rings (SSSR count). The first-order valence-corrected chi connectivity index (χ1v) is 7.86. The molecule has 0 saturated carbocycles. The first-order valence-electron chi connectivity index (χ1n) is 7.86. The molecule has 27 heavy (non-hydrogen) atoms. The van der Waals surface area contributed by atoms with Crippen molar-refractivity contribution >= 4 is 34.9 Å². The Hall–Kier alpha value is -3.47. The van der Waals surface area contributed by atoms with Crippen molar-refractivity contribution in [3.8, 4) is 0 Å². The average Bonchev–Trinajstić information content (AvgIpc) is 3.03. The molecule has 0 fully saturated rings. The van der Waals surface area contributed by atoms with Crippen molar-refractivity contribution < 1.29 is 49.5 Å². The van der Waals surface area contributed by atoms with Gasteiger partial charge in [-0.1, -0.05) is 19.1 Å². The van der Waals surface area contributed by atoms with Gasteiger partial charge in [0.25, 0.3) is 0 Å². The number of hydrogen-bond donors (Lipinski definition) is 4. The number of fused-ring (bicyclic) bond motifs is 1. The van der Waals surface area contributed by atoms with Crippen LogP contribution in [0, 0.1) is 0 Å². The van der Waals surface area contributed by atoms with E-state index >= 15 is 0 Å². The van der Waals surface area contributed by atoms with Gasteiger partial charge in [0.05, 0.1) is 6.54 Å². The summed E-state index contributed by atoms with van der Waals surface area (Å²) in [6, 6.07) is 8.42. The van der Waals surface area contributed by atoms with Crippen LogP contribution in [0.4, 0.5) is 0 Å². The summed E-state index contributed by atoms with van der Waals surface area (Å²) in [7, 11) is 0. The standard InChI is InChI=1S/C12H17N3.2C2H2O4/c1-2-7-13-8-9-15-10-14-11-5-3-4-6-12(11)15;2*3-1(4)2(5)6/h3-6,10,13H,2,7-9H2,1H3;2*(H,3,4)(H,5,6). The van der Waals surface area contributed by atoms with E-state index in [9.17, 15) is 0 Å². The zero-order valence-electron chi connectivity index (χ0n) is 14.6. The van der Waals surface area contributed by atoms with E-state index in [4.69, 9.17) is 39.6 Å². The van der Waals surface area contributed by atoms with E-state index < -0.39 is 23.9 Å². The van der Waals surface area contributed by atoms with Crippen LogP contribution in [-0.4, -0.2) is 52.2 Å². The van der Waals surface area contributed by atoms with Crippen molar-refractivity contribution in [3.05, 3.63) is 30.6 Å². The minimum Gasteiger partial charge on any atom is -0.539 e. The number of para-hydroxylation sites is 2. The number of nitrogens with one attached hydrogen (secondary N) is 1. The van der Waals surface area contributed by atoms with Gasteiger partial charge in [-0.2, -0.15) is 0 Å². The van der Waals surface area contributed by atoms with Gasteiger partial charge in [0.2, 0.25) is 6.33 Å². The van der Waals surface area contributed by atoms with Gasteiger partial charge in [-0.25, -0.2) is 19.1 Å². The topological polar surface area (TPSA) is 191 Å². The van der Waals surface area contributed by atoms with Crippen LogP contribution in [0.5, 0.6) is 0 Å². The molecule has 11 heteroatoms. The monoisotopic (exact) mass is 383 g/mol. The molecular formula is C16H21N3O8. The van der Waals surface area contributed by atoms with E-state index in [-0.39, 0.29) is 0 Å². The van der Waals surface area contributed by atoms with Crippen LogP contribution in [-0.2, 0) is 25.7 Å². The Morgan fingerprint density at radius 3 is 2.04 bits per heavy atom. The summed E-state index contributed by atoms with van der Waals surface area (Å²) < 4.78 is 2.28. The highest BCUT2D eigenvalue weighted by Gasteiger charge is 2.07. The minimum atomic E-state index is -2.07. The number of rotatable bonds is 5. The molecule has 0 aliphatic rings. The van der Waals surface area contributed by atoms with Gasteiger partial charge in [0, 0.05) is 0 Å². The predicted molar refractivity (Wildman–Crippen MR) is 85.7 cm³/mol. The summed E-state index contributed by atoms with van der Waals surface area (Å²) >= 11 is 0. The van der Waals surface area contributed by atoms with Gasteiger partial charge >= 0.3 is 11.9 Å². The Bertz CT molecular complexity index is 724. The fourth-order valence-electron chi connectivity index (χ4n) is 1.83. The largest absolute Gasteiger partial charge is 0.539 e. The first-order chi connectivity index (χ1) is 12.7. The molecule has 5 N–H and O–H groups in total. The summed E-state index contributed by atoms with van der Waals surface area (Å²) in [6.07, 6.45) is 3.31. The molecule has 0 aliphatic carbocycles. The van der Waals surface area contributed by atoms with E-state index in [0.29, 0.717) is 0 Å². The molecule has 1 aromatic heterocycles. The number of quaternary nitrogens is 1. The first kappa shape index (κ1) is 23.5. The maximum atomic E-state index is 9.04. The second kappa shape index (κ2) is 12.8. The lowest BCUT2D eigenvalue weighted by atomic mass is 10.3. The number of carboxylic acids is 4. The summed E-state index contributed by atoms with van der Waals surface area (Å²) in [5, 5.41) is 35.0. The summed E-state index contributed by atoms with van der Waals surface area (Å²) in [6.45, 7) is 5.67. The van der Waals surface area contributed by atoms with Crippen LogP contribution in [0.15, 0.2) is 30.6 Å². The zero-order valence-corrected chi connectivity index (χ0v) is 14.6. The van der Waals surface area contributed by atoms with Crippen LogP contribution < -0.4 is 20.1 Å². The number of benzene rings is 1. The lowest BCUT2D eigenvalue weighted by molar-refractivity contribution is -0.738. The van der Waals surface area contributed by atoms with Gasteiger partial charge in [0.15, 0.2) is 23.0 Å². The fourth-order valence-corrected chi connectivity index (χ4v) is 1.83. The van der Waals surface area contributed by atoms with Crippen molar-refractivity contribution in [3.63, 3.8) is 0 Å². The maximum Gasteiger partial charge on any atom is 0.351 e. The quantitative estimate of drug-likeness (QED) is 0.228. The number of aliphatic carboxylic acids is 4. The van der Waals surface area contributed by atoms with Crippen molar-refractivity contribution in [2.24, 2.45) is 0 Å². The average molecular weight is 383 g/mol. The number of aromatic amines is 1. The normalized spacial score (nSPS) is 9.37. The molecule has 2 aromatic rings. The number of carbonyl (C=O) groups excluding carboxylic acids is 2. The van der Waals surface area contributed by atoms with Crippen molar-refractivity contribution in [1.82, 2.24) is 4.98 Å². The predicted octanol–water partition coefficient (Wildman–Crippen LogP) is -3.93. The third kappa shape index (κ3) is 10.2. The lowest BCUT2D eigenvalue weighted by Crippen LogP contribution is -2.85. The lowest BCUT2D eigenvalue weighted by Gasteiger charge is -1.97. The number of nitrogens with two attached hydrogens (primary N) is 1. The Labute approximate surface area is 153 Å². The van der Waals surface area contributed by atoms with E-state index in [0.717, 1.165) is 13.1 Å². The van der Waals surface area contributed by atoms with Crippen LogP contribution in [0.25, 0.3) is 11.0 Å². The molecule has 0 radical (unpaired) electrons. The van der Waals surface area contributed by atoms with Gasteiger partial charge in [-0.15, -0.1) is 0 Å². The van der Waals surface area contributed by atoms with Crippen molar-refractivity contribution in [1.29, 1.82) is 0 Å². The van der Waals surface area contributed by atoms with Gasteiger partial charge in [0.1, 0.15) is 13.1 Å². The van der Waals surface area contributed by atoms with E-state index in [1.165, 1.54) is 24.0 Å². The highest BCUT2D eigenvalue weighted by Crippen LogP contribution is 2.04. The minimum absolute atomic E-state index is 1.07. The number of carboxylic acid groups (broad SMARTS) is 4. The molecule has 0 saturated heterocycles. The zero-order chi connectivity index (χ0) is 20.8. The molecule has 0 aliphatic heterocycles. The highest BCUT2D eigenvalue weighted by molar-refractivity contribution is 6.26. The molecule has 0 spiro atoms. The molecular weight excluding hydrogens is 362 g/mol. The Morgan fingerprint density at radius 2 is 1.56 bits per heavy atom. The molecule has 1 heterocycles. The molecule has 148 valence electrons. The SMILES string of the molecule is CCC[NH2+]CC[n+]1c[nH]c2ccccc21.O=C([O-])C(=O)O.O=C([O-])C(=O)O. The number of H-pyrrole nitrogens is 1. The third-order valence-corrected chi connectivity index (χ3v) is 3.01. The summed E-state index contributed by atoms with van der Waals surface area (Å²) in [4.78, 5) is 39.3. The van der Waals surface area contributed by atoms with Crippen LogP contribution >= 0.6 is 0 Å². The number of hydrogen-bond acceptors (Lipinski definition) is 6. The molecule has 0 atom stereocenters. The summed E-state index contributed by atoms with van der Waals surface area (Å²) in [5.41, 5.74) is 2.51. The number of carbonyl (C=O) groups is 4. The molecule has 0 bridgehead atoms. The third-order valence-electron chi connectivity index (χ3n) is 3.01. The molecule has 0 amide bonds. The molecule has 11 nitrogen and oxygen atoms in total. The maximum absolute atomic E-state index is 9.04.